The second kappa shape index (κ2) is 6.97. The van der Waals surface area contributed by atoms with Crippen molar-refractivity contribution in [3.05, 3.63) is 47.0 Å². The molecule has 1 aliphatic carbocycles. The van der Waals surface area contributed by atoms with E-state index in [0.717, 1.165) is 24.8 Å². The minimum absolute atomic E-state index is 0.100. The molecule has 1 amide bonds. The third kappa shape index (κ3) is 4.26. The van der Waals surface area contributed by atoms with Crippen LogP contribution in [0, 0.1) is 0 Å². The van der Waals surface area contributed by atoms with Gasteiger partial charge < -0.3 is 4.90 Å². The van der Waals surface area contributed by atoms with Crippen molar-refractivity contribution in [1.29, 1.82) is 0 Å². The number of carbonyl (C=O) groups excluding carboxylic acids is 1. The first-order valence-corrected chi connectivity index (χ1v) is 7.29. The van der Waals surface area contributed by atoms with Gasteiger partial charge in [0, 0.05) is 11.6 Å². The fourth-order valence-electron chi connectivity index (χ4n) is 2.32. The van der Waals surface area contributed by atoms with E-state index in [-0.39, 0.29) is 6.04 Å². The zero-order chi connectivity index (χ0) is 13.7. The van der Waals surface area contributed by atoms with E-state index in [1.54, 1.807) is 4.90 Å². The molecule has 0 saturated carbocycles. The van der Waals surface area contributed by atoms with Gasteiger partial charge in [-0.15, -0.1) is 0 Å². The van der Waals surface area contributed by atoms with Crippen molar-refractivity contribution in [1.82, 2.24) is 4.90 Å². The largest absolute Gasteiger partial charge is 0.318 e. The smallest absolute Gasteiger partial charge is 0.317 e. The average molecular weight is 298 g/mol. The molecule has 0 spiro atoms. The molecule has 0 aromatic heterocycles. The molecule has 1 aliphatic rings. The lowest BCUT2D eigenvalue weighted by atomic mass is 10.1. The Morgan fingerprint density at radius 1 is 1.26 bits per heavy atom. The number of benzene rings is 1. The van der Waals surface area contributed by atoms with Gasteiger partial charge in [0.2, 0.25) is 0 Å². The Morgan fingerprint density at radius 2 is 2.00 bits per heavy atom. The SMILES string of the molecule is O=C(Cl)N(Cc1ccc(Cl)cc1)C1C=CCCCC1. The van der Waals surface area contributed by atoms with E-state index in [1.807, 2.05) is 24.3 Å². The molecule has 1 atom stereocenters. The molecule has 4 heteroatoms. The first kappa shape index (κ1) is 14.4. The van der Waals surface area contributed by atoms with Crippen LogP contribution in [0.2, 0.25) is 5.02 Å². The van der Waals surface area contributed by atoms with Crippen LogP contribution in [0.5, 0.6) is 0 Å². The van der Waals surface area contributed by atoms with E-state index in [4.69, 9.17) is 23.2 Å². The van der Waals surface area contributed by atoms with Crippen molar-refractivity contribution in [2.75, 3.05) is 0 Å². The highest BCUT2D eigenvalue weighted by Gasteiger charge is 2.21. The molecule has 0 bridgehead atoms. The highest BCUT2D eigenvalue weighted by Crippen LogP contribution is 2.21. The maximum absolute atomic E-state index is 11.7. The Bertz CT molecular complexity index is 456. The third-order valence-electron chi connectivity index (χ3n) is 3.37. The van der Waals surface area contributed by atoms with Crippen LogP contribution in [0.4, 0.5) is 4.79 Å². The fourth-order valence-corrected chi connectivity index (χ4v) is 2.63. The summed E-state index contributed by atoms with van der Waals surface area (Å²) in [5.41, 5.74) is 1.04. The van der Waals surface area contributed by atoms with Crippen molar-refractivity contribution in [2.24, 2.45) is 0 Å². The third-order valence-corrected chi connectivity index (χ3v) is 3.84. The number of amides is 1. The van der Waals surface area contributed by atoms with E-state index < -0.39 is 5.37 Å². The van der Waals surface area contributed by atoms with Gasteiger partial charge in [0.25, 0.3) is 0 Å². The van der Waals surface area contributed by atoms with Crippen LogP contribution in [0.25, 0.3) is 0 Å². The van der Waals surface area contributed by atoms with E-state index >= 15 is 0 Å². The molecule has 1 aromatic carbocycles. The molecule has 19 heavy (non-hydrogen) atoms. The highest BCUT2D eigenvalue weighted by atomic mass is 35.5. The predicted molar refractivity (Wildman–Crippen MR) is 79.6 cm³/mol. The lowest BCUT2D eigenvalue weighted by Gasteiger charge is -2.27. The van der Waals surface area contributed by atoms with Gasteiger partial charge in [0.15, 0.2) is 0 Å². The molecule has 0 fully saturated rings. The van der Waals surface area contributed by atoms with Crippen LogP contribution in [-0.4, -0.2) is 16.3 Å². The minimum atomic E-state index is -0.397. The topological polar surface area (TPSA) is 20.3 Å². The highest BCUT2D eigenvalue weighted by molar-refractivity contribution is 6.62. The molecule has 0 heterocycles. The van der Waals surface area contributed by atoms with Crippen molar-refractivity contribution >= 4 is 28.6 Å². The predicted octanol–water partition coefficient (Wildman–Crippen LogP) is 5.00. The van der Waals surface area contributed by atoms with Gasteiger partial charge in [-0.05, 0) is 48.6 Å². The normalized spacial score (nSPS) is 18.9. The molecule has 2 nitrogen and oxygen atoms in total. The van der Waals surface area contributed by atoms with Gasteiger partial charge in [-0.1, -0.05) is 42.3 Å². The molecule has 102 valence electrons. The molecular formula is C15H17Cl2NO. The van der Waals surface area contributed by atoms with E-state index in [1.165, 1.54) is 6.42 Å². The first-order chi connectivity index (χ1) is 9.16. The van der Waals surface area contributed by atoms with Crippen molar-refractivity contribution < 1.29 is 4.79 Å². The zero-order valence-corrected chi connectivity index (χ0v) is 12.2. The van der Waals surface area contributed by atoms with Crippen LogP contribution < -0.4 is 0 Å². The van der Waals surface area contributed by atoms with Gasteiger partial charge in [-0.25, -0.2) is 0 Å². The zero-order valence-electron chi connectivity index (χ0n) is 10.7. The molecule has 1 aromatic rings. The summed E-state index contributed by atoms with van der Waals surface area (Å²) >= 11 is 11.6. The van der Waals surface area contributed by atoms with Gasteiger partial charge in [0.1, 0.15) is 0 Å². The quantitative estimate of drug-likeness (QED) is 0.437. The summed E-state index contributed by atoms with van der Waals surface area (Å²) in [6, 6.07) is 7.61. The van der Waals surface area contributed by atoms with Gasteiger partial charge in [-0.3, -0.25) is 4.79 Å². The van der Waals surface area contributed by atoms with Crippen molar-refractivity contribution in [2.45, 2.75) is 38.3 Å². The standard InChI is InChI=1S/C15H17Cl2NO/c16-13-9-7-12(8-10-13)11-18(15(17)19)14-5-3-1-2-4-6-14/h3,5,7-10,14H,1-2,4,6,11H2. The molecule has 2 rings (SSSR count). The van der Waals surface area contributed by atoms with Crippen LogP contribution in [0.15, 0.2) is 36.4 Å². The summed E-state index contributed by atoms with van der Waals surface area (Å²) < 4.78 is 0. The second-order valence-electron chi connectivity index (χ2n) is 4.79. The Morgan fingerprint density at radius 3 is 2.68 bits per heavy atom. The van der Waals surface area contributed by atoms with Gasteiger partial charge >= 0.3 is 5.37 Å². The molecule has 0 N–H and O–H groups in total. The summed E-state index contributed by atoms with van der Waals surface area (Å²) in [5.74, 6) is 0. The van der Waals surface area contributed by atoms with Crippen molar-refractivity contribution in [3.8, 4) is 0 Å². The van der Waals surface area contributed by atoms with E-state index in [9.17, 15) is 4.79 Å². The Labute approximate surface area is 124 Å². The average Bonchev–Trinajstić information content (AvgIpc) is 2.66. The fraction of sp³-hybridized carbons (Fsp3) is 0.400. The van der Waals surface area contributed by atoms with Crippen LogP contribution >= 0.6 is 23.2 Å². The van der Waals surface area contributed by atoms with Crippen molar-refractivity contribution in [3.63, 3.8) is 0 Å². The van der Waals surface area contributed by atoms with Crippen LogP contribution in [0.3, 0.4) is 0 Å². The Balaban J connectivity index is 2.11. The number of carbonyl (C=O) groups is 1. The molecule has 1 unspecified atom stereocenters. The number of nitrogens with zero attached hydrogens (tertiary/aromatic N) is 1. The van der Waals surface area contributed by atoms with E-state index in [2.05, 4.69) is 12.2 Å². The Hall–Kier alpha value is -0.990. The summed E-state index contributed by atoms with van der Waals surface area (Å²) in [6.45, 7) is 0.522. The summed E-state index contributed by atoms with van der Waals surface area (Å²) in [7, 11) is 0. The molecule has 0 aliphatic heterocycles. The number of allylic oxidation sites excluding steroid dienone is 1. The monoisotopic (exact) mass is 297 g/mol. The molecular weight excluding hydrogens is 281 g/mol. The summed E-state index contributed by atoms with van der Waals surface area (Å²) in [5, 5.41) is 0.299. The minimum Gasteiger partial charge on any atom is -0.318 e. The number of hydrogen-bond donors (Lipinski definition) is 0. The Kier molecular flexibility index (Phi) is 5.29. The summed E-state index contributed by atoms with van der Waals surface area (Å²) in [4.78, 5) is 13.4. The van der Waals surface area contributed by atoms with Gasteiger partial charge in [-0.2, -0.15) is 0 Å². The lowest BCUT2D eigenvalue weighted by Crippen LogP contribution is -2.35. The van der Waals surface area contributed by atoms with Crippen LogP contribution in [0.1, 0.15) is 31.2 Å². The van der Waals surface area contributed by atoms with Gasteiger partial charge in [0.05, 0.1) is 6.04 Å². The summed E-state index contributed by atoms with van der Waals surface area (Å²) in [6.07, 6.45) is 8.61. The number of hydrogen-bond acceptors (Lipinski definition) is 1. The number of halogens is 2. The molecule has 0 radical (unpaired) electrons. The lowest BCUT2D eigenvalue weighted by molar-refractivity contribution is 0.203. The second-order valence-corrected chi connectivity index (χ2v) is 5.55. The first-order valence-electron chi connectivity index (χ1n) is 6.54. The maximum atomic E-state index is 11.7. The molecule has 0 saturated heterocycles. The maximum Gasteiger partial charge on any atom is 0.317 e. The van der Waals surface area contributed by atoms with E-state index in [0.29, 0.717) is 11.6 Å². The van der Waals surface area contributed by atoms with Crippen LogP contribution in [-0.2, 0) is 6.54 Å². The number of rotatable bonds is 3.